The van der Waals surface area contributed by atoms with Crippen molar-refractivity contribution in [1.82, 2.24) is 14.8 Å². The van der Waals surface area contributed by atoms with Crippen LogP contribution in [0.3, 0.4) is 0 Å². The van der Waals surface area contributed by atoms with Crippen LogP contribution >= 0.6 is 11.6 Å². The van der Waals surface area contributed by atoms with Crippen molar-refractivity contribution in [3.05, 3.63) is 33.8 Å². The molecule has 1 aliphatic heterocycles. The van der Waals surface area contributed by atoms with Crippen molar-refractivity contribution in [3.63, 3.8) is 0 Å². The second-order valence-corrected chi connectivity index (χ2v) is 7.40. The van der Waals surface area contributed by atoms with Crippen molar-refractivity contribution in [1.29, 1.82) is 0 Å². The van der Waals surface area contributed by atoms with Crippen LogP contribution in [0.1, 0.15) is 26.7 Å². The van der Waals surface area contributed by atoms with Gasteiger partial charge >= 0.3 is 5.76 Å². The van der Waals surface area contributed by atoms with Crippen LogP contribution in [0.25, 0.3) is 11.1 Å². The van der Waals surface area contributed by atoms with Gasteiger partial charge in [-0.05, 0) is 51.3 Å². The molecule has 0 spiro atoms. The molecule has 2 aromatic rings. The molecule has 0 saturated carbocycles. The normalized spacial score (nSPS) is 18.8. The summed E-state index contributed by atoms with van der Waals surface area (Å²) in [7, 11) is 0. The molecule has 1 aromatic carbocycles. The molecule has 1 saturated heterocycles. The Morgan fingerprint density at radius 2 is 2.24 bits per heavy atom. The fourth-order valence-electron chi connectivity index (χ4n) is 3.38. The largest absolute Gasteiger partial charge is 0.420 e. The van der Waals surface area contributed by atoms with E-state index in [1.54, 1.807) is 18.2 Å². The number of fused-ring (bicyclic) bond motifs is 1. The van der Waals surface area contributed by atoms with E-state index in [1.807, 2.05) is 0 Å². The molecule has 25 heavy (non-hydrogen) atoms. The zero-order valence-electron chi connectivity index (χ0n) is 14.6. The number of likely N-dealkylation sites (tertiary alicyclic amines) is 1. The van der Waals surface area contributed by atoms with Gasteiger partial charge in [-0.1, -0.05) is 11.6 Å². The fourth-order valence-corrected chi connectivity index (χ4v) is 3.54. The summed E-state index contributed by atoms with van der Waals surface area (Å²) >= 11 is 5.90. The molecule has 2 heterocycles. The molecule has 7 heteroatoms. The van der Waals surface area contributed by atoms with Crippen molar-refractivity contribution in [3.8, 4) is 0 Å². The van der Waals surface area contributed by atoms with Crippen LogP contribution in [0.5, 0.6) is 0 Å². The van der Waals surface area contributed by atoms with Gasteiger partial charge < -0.3 is 14.6 Å². The maximum absolute atomic E-state index is 12.3. The highest BCUT2D eigenvalue weighted by Gasteiger charge is 2.22. The van der Waals surface area contributed by atoms with Crippen LogP contribution in [-0.2, 0) is 11.3 Å². The average molecular weight is 366 g/mol. The number of oxazole rings is 1. The lowest BCUT2D eigenvalue weighted by Crippen LogP contribution is -2.44. The molecular weight excluding hydrogens is 342 g/mol. The third-order valence-corrected chi connectivity index (χ3v) is 5.04. The van der Waals surface area contributed by atoms with Gasteiger partial charge in [0.25, 0.3) is 0 Å². The van der Waals surface area contributed by atoms with E-state index in [0.29, 0.717) is 34.6 Å². The lowest BCUT2D eigenvalue weighted by atomic mass is 9.97. The molecule has 1 amide bonds. The third kappa shape index (κ3) is 4.25. The van der Waals surface area contributed by atoms with Crippen LogP contribution in [0.4, 0.5) is 0 Å². The van der Waals surface area contributed by atoms with Gasteiger partial charge in [-0.2, -0.15) is 0 Å². The number of amides is 1. The van der Waals surface area contributed by atoms with Crippen molar-refractivity contribution in [2.45, 2.75) is 39.3 Å². The van der Waals surface area contributed by atoms with Gasteiger partial charge in [-0.25, -0.2) is 4.79 Å². The van der Waals surface area contributed by atoms with Gasteiger partial charge in [0.1, 0.15) is 6.54 Å². The molecule has 1 fully saturated rings. The molecule has 1 N–H and O–H groups in total. The fraction of sp³-hybridized carbons (Fsp3) is 0.556. The lowest BCUT2D eigenvalue weighted by Gasteiger charge is -2.35. The lowest BCUT2D eigenvalue weighted by molar-refractivity contribution is -0.122. The number of carbonyl (C=O) groups is 1. The van der Waals surface area contributed by atoms with E-state index in [1.165, 1.54) is 4.57 Å². The Morgan fingerprint density at radius 1 is 1.44 bits per heavy atom. The molecule has 1 atom stereocenters. The summed E-state index contributed by atoms with van der Waals surface area (Å²) in [5, 5.41) is 3.45. The zero-order valence-corrected chi connectivity index (χ0v) is 15.4. The van der Waals surface area contributed by atoms with Crippen LogP contribution in [-0.4, -0.2) is 41.1 Å². The number of rotatable bonds is 5. The highest BCUT2D eigenvalue weighted by Crippen LogP contribution is 2.19. The van der Waals surface area contributed by atoms with Crippen LogP contribution < -0.4 is 11.1 Å². The molecule has 3 rings (SSSR count). The first-order valence-electron chi connectivity index (χ1n) is 8.73. The Kier molecular flexibility index (Phi) is 5.49. The van der Waals surface area contributed by atoms with Crippen molar-refractivity contribution >= 4 is 28.6 Å². The Labute approximate surface area is 151 Å². The summed E-state index contributed by atoms with van der Waals surface area (Å²) < 4.78 is 6.49. The maximum Gasteiger partial charge on any atom is 0.420 e. The van der Waals surface area contributed by atoms with Crippen molar-refractivity contribution in [2.24, 2.45) is 5.92 Å². The number of hydrogen-bond donors (Lipinski definition) is 1. The minimum absolute atomic E-state index is 0.0475. The standard InChI is InChI=1S/C18H24ClN3O3/c1-12(2)21-7-3-4-13(10-21)9-20-17(23)11-22-15-6-5-14(19)8-16(15)25-18(22)24/h5-6,8,12-13H,3-4,7,9-11H2,1-2H3,(H,20,23)/t13-/m0/s1. The zero-order chi connectivity index (χ0) is 18.0. The second kappa shape index (κ2) is 7.62. The molecule has 1 aliphatic rings. The number of benzene rings is 1. The summed E-state index contributed by atoms with van der Waals surface area (Å²) in [6.45, 7) is 7.12. The van der Waals surface area contributed by atoms with Crippen LogP contribution in [0, 0.1) is 5.92 Å². The predicted molar refractivity (Wildman–Crippen MR) is 97.9 cm³/mol. The molecule has 0 aliphatic carbocycles. The number of carbonyl (C=O) groups excluding carboxylic acids is 1. The Hall–Kier alpha value is -1.79. The number of halogens is 1. The first kappa shape index (κ1) is 18.0. The summed E-state index contributed by atoms with van der Waals surface area (Å²) in [4.78, 5) is 26.7. The SMILES string of the molecule is CC(C)N1CCC[C@@H](CNC(=O)Cn2c(=O)oc3cc(Cl)ccc32)C1. The minimum Gasteiger partial charge on any atom is -0.408 e. The smallest absolute Gasteiger partial charge is 0.408 e. The summed E-state index contributed by atoms with van der Waals surface area (Å²) in [6, 6.07) is 5.48. The number of hydrogen-bond acceptors (Lipinski definition) is 4. The molecular formula is C18H24ClN3O3. The molecule has 0 unspecified atom stereocenters. The monoisotopic (exact) mass is 365 g/mol. The molecule has 136 valence electrons. The van der Waals surface area contributed by atoms with E-state index in [9.17, 15) is 9.59 Å². The molecule has 0 bridgehead atoms. The predicted octanol–water partition coefficient (Wildman–Crippen LogP) is 2.48. The van der Waals surface area contributed by atoms with Gasteiger partial charge in [0.2, 0.25) is 5.91 Å². The molecule has 0 radical (unpaired) electrons. The van der Waals surface area contributed by atoms with Gasteiger partial charge in [-0.15, -0.1) is 0 Å². The number of aromatic nitrogens is 1. The highest BCUT2D eigenvalue weighted by atomic mass is 35.5. The third-order valence-electron chi connectivity index (χ3n) is 4.80. The van der Waals surface area contributed by atoms with E-state index < -0.39 is 5.76 Å². The first-order valence-corrected chi connectivity index (χ1v) is 9.11. The average Bonchev–Trinajstić information content (AvgIpc) is 2.88. The number of piperidine rings is 1. The van der Waals surface area contributed by atoms with E-state index in [-0.39, 0.29) is 12.5 Å². The van der Waals surface area contributed by atoms with E-state index >= 15 is 0 Å². The second-order valence-electron chi connectivity index (χ2n) is 6.97. The number of nitrogens with zero attached hydrogens (tertiary/aromatic N) is 2. The highest BCUT2D eigenvalue weighted by molar-refractivity contribution is 6.31. The van der Waals surface area contributed by atoms with E-state index in [0.717, 1.165) is 25.9 Å². The molecule has 6 nitrogen and oxygen atoms in total. The number of nitrogens with one attached hydrogen (secondary N) is 1. The summed E-state index contributed by atoms with van der Waals surface area (Å²) in [5.41, 5.74) is 0.971. The maximum atomic E-state index is 12.3. The topological polar surface area (TPSA) is 67.5 Å². The van der Waals surface area contributed by atoms with Gasteiger partial charge in [-0.3, -0.25) is 9.36 Å². The van der Waals surface area contributed by atoms with Gasteiger partial charge in [0.05, 0.1) is 5.52 Å². The quantitative estimate of drug-likeness (QED) is 0.883. The summed E-state index contributed by atoms with van der Waals surface area (Å²) in [5.74, 6) is -0.269. The Balaban J connectivity index is 1.60. The van der Waals surface area contributed by atoms with Crippen molar-refractivity contribution in [2.75, 3.05) is 19.6 Å². The van der Waals surface area contributed by atoms with E-state index in [4.69, 9.17) is 16.0 Å². The molecule has 1 aromatic heterocycles. The Bertz CT molecular complexity index is 811. The Morgan fingerprint density at radius 3 is 3.00 bits per heavy atom. The van der Waals surface area contributed by atoms with Gasteiger partial charge in [0.15, 0.2) is 5.58 Å². The minimum atomic E-state index is -0.545. The van der Waals surface area contributed by atoms with Crippen molar-refractivity contribution < 1.29 is 9.21 Å². The first-order chi connectivity index (χ1) is 11.9. The van der Waals surface area contributed by atoms with Gasteiger partial charge in [0, 0.05) is 30.2 Å². The van der Waals surface area contributed by atoms with Crippen LogP contribution in [0.2, 0.25) is 5.02 Å². The van der Waals surface area contributed by atoms with Crippen LogP contribution in [0.15, 0.2) is 27.4 Å². The summed E-state index contributed by atoms with van der Waals surface area (Å²) in [6.07, 6.45) is 2.28. The van der Waals surface area contributed by atoms with E-state index in [2.05, 4.69) is 24.1 Å².